The minimum absolute atomic E-state index is 0.103. The van der Waals surface area contributed by atoms with Crippen molar-refractivity contribution in [3.05, 3.63) is 22.8 Å². The van der Waals surface area contributed by atoms with Crippen LogP contribution in [-0.4, -0.2) is 19.0 Å². The molecule has 1 aromatic rings. The highest BCUT2D eigenvalue weighted by atomic mass is 16.2. The van der Waals surface area contributed by atoms with Crippen LogP contribution in [0.25, 0.3) is 0 Å². The third-order valence-corrected chi connectivity index (χ3v) is 5.90. The summed E-state index contributed by atoms with van der Waals surface area (Å²) in [5, 5.41) is 3.26. The Hall–Kier alpha value is -1.51. The van der Waals surface area contributed by atoms with Crippen molar-refractivity contribution in [3.8, 4) is 0 Å². The van der Waals surface area contributed by atoms with Gasteiger partial charge in [0.15, 0.2) is 0 Å². The SMILES string of the molecule is Cc1cc(C)c(NC(=O)C(C)(C)C)c2c1CCN2CC1CCCCC1. The van der Waals surface area contributed by atoms with Crippen LogP contribution >= 0.6 is 0 Å². The van der Waals surface area contributed by atoms with Gasteiger partial charge in [0.05, 0.1) is 11.4 Å². The van der Waals surface area contributed by atoms with Gasteiger partial charge < -0.3 is 10.2 Å². The minimum Gasteiger partial charge on any atom is -0.369 e. The molecular weight excluding hydrogens is 308 g/mol. The van der Waals surface area contributed by atoms with Crippen LogP contribution in [0.15, 0.2) is 6.07 Å². The summed E-state index contributed by atoms with van der Waals surface area (Å²) in [7, 11) is 0. The second-order valence-electron chi connectivity index (χ2n) is 9.12. The Bertz CT molecular complexity index is 651. The Morgan fingerprint density at radius 2 is 1.84 bits per heavy atom. The van der Waals surface area contributed by atoms with Gasteiger partial charge in [0, 0.05) is 18.5 Å². The summed E-state index contributed by atoms with van der Waals surface area (Å²) in [6.45, 7) is 12.5. The van der Waals surface area contributed by atoms with Gasteiger partial charge in [-0.25, -0.2) is 0 Å². The molecule has 3 nitrogen and oxygen atoms in total. The Morgan fingerprint density at radius 3 is 2.48 bits per heavy atom. The summed E-state index contributed by atoms with van der Waals surface area (Å²) in [5.41, 5.74) is 5.97. The molecule has 0 saturated heterocycles. The number of anilines is 2. The number of nitrogens with one attached hydrogen (secondary N) is 1. The molecule has 1 fully saturated rings. The van der Waals surface area contributed by atoms with Crippen LogP contribution in [0.4, 0.5) is 11.4 Å². The largest absolute Gasteiger partial charge is 0.369 e. The average molecular weight is 343 g/mol. The smallest absolute Gasteiger partial charge is 0.229 e. The van der Waals surface area contributed by atoms with E-state index in [1.165, 1.54) is 54.5 Å². The first-order chi connectivity index (χ1) is 11.8. The summed E-state index contributed by atoms with van der Waals surface area (Å²) in [5.74, 6) is 0.915. The van der Waals surface area contributed by atoms with E-state index in [2.05, 4.69) is 30.1 Å². The van der Waals surface area contributed by atoms with Crippen molar-refractivity contribution in [3.63, 3.8) is 0 Å². The zero-order valence-electron chi connectivity index (χ0n) is 16.7. The molecule has 1 aliphatic carbocycles. The van der Waals surface area contributed by atoms with Crippen molar-refractivity contribution in [2.75, 3.05) is 23.3 Å². The fraction of sp³-hybridized carbons (Fsp3) is 0.682. The highest BCUT2D eigenvalue weighted by molar-refractivity contribution is 5.99. The van der Waals surface area contributed by atoms with E-state index in [4.69, 9.17) is 0 Å². The molecule has 0 aromatic heterocycles. The van der Waals surface area contributed by atoms with E-state index in [1.807, 2.05) is 20.8 Å². The molecule has 138 valence electrons. The molecule has 0 unspecified atom stereocenters. The lowest BCUT2D eigenvalue weighted by molar-refractivity contribution is -0.123. The molecule has 0 radical (unpaired) electrons. The van der Waals surface area contributed by atoms with Gasteiger partial charge in [-0.15, -0.1) is 0 Å². The first kappa shape index (κ1) is 18.3. The molecule has 1 saturated carbocycles. The molecular formula is C22H34N2O. The van der Waals surface area contributed by atoms with E-state index in [-0.39, 0.29) is 11.3 Å². The van der Waals surface area contributed by atoms with Gasteiger partial charge in [0.2, 0.25) is 5.91 Å². The molecule has 1 aliphatic heterocycles. The highest BCUT2D eigenvalue weighted by Gasteiger charge is 2.30. The number of hydrogen-bond donors (Lipinski definition) is 1. The Morgan fingerprint density at radius 1 is 1.16 bits per heavy atom. The van der Waals surface area contributed by atoms with Crippen LogP contribution in [0.5, 0.6) is 0 Å². The number of amides is 1. The van der Waals surface area contributed by atoms with E-state index in [0.717, 1.165) is 31.1 Å². The monoisotopic (exact) mass is 342 g/mol. The summed E-state index contributed by atoms with van der Waals surface area (Å²) in [6.07, 6.45) is 7.99. The van der Waals surface area contributed by atoms with Gasteiger partial charge in [-0.2, -0.15) is 0 Å². The molecule has 3 heteroatoms. The van der Waals surface area contributed by atoms with Gasteiger partial charge in [-0.3, -0.25) is 4.79 Å². The quantitative estimate of drug-likeness (QED) is 0.815. The molecule has 0 atom stereocenters. The number of nitrogens with zero attached hydrogens (tertiary/aromatic N) is 1. The number of rotatable bonds is 3. The summed E-state index contributed by atoms with van der Waals surface area (Å²) >= 11 is 0. The Kier molecular flexibility index (Phi) is 5.13. The lowest BCUT2D eigenvalue weighted by atomic mass is 9.89. The van der Waals surface area contributed by atoms with Crippen molar-refractivity contribution in [2.45, 2.75) is 73.1 Å². The third-order valence-electron chi connectivity index (χ3n) is 5.90. The van der Waals surface area contributed by atoms with Crippen molar-refractivity contribution in [1.82, 2.24) is 0 Å². The normalized spacial score (nSPS) is 18.4. The molecule has 25 heavy (non-hydrogen) atoms. The average Bonchev–Trinajstić information content (AvgIpc) is 2.95. The van der Waals surface area contributed by atoms with Crippen LogP contribution in [0.2, 0.25) is 0 Å². The Labute approximate surface area is 153 Å². The second-order valence-corrected chi connectivity index (χ2v) is 9.12. The highest BCUT2D eigenvalue weighted by Crippen LogP contribution is 2.41. The van der Waals surface area contributed by atoms with E-state index >= 15 is 0 Å². The number of hydrogen-bond acceptors (Lipinski definition) is 2. The van der Waals surface area contributed by atoms with Gasteiger partial charge in [0.1, 0.15) is 0 Å². The molecule has 0 bridgehead atoms. The van der Waals surface area contributed by atoms with Crippen LogP contribution in [0.3, 0.4) is 0 Å². The number of carbonyl (C=O) groups excluding carboxylic acids is 1. The maximum Gasteiger partial charge on any atom is 0.229 e. The van der Waals surface area contributed by atoms with Crippen LogP contribution in [0, 0.1) is 25.2 Å². The molecule has 1 N–H and O–H groups in total. The van der Waals surface area contributed by atoms with E-state index in [9.17, 15) is 4.79 Å². The summed E-state index contributed by atoms with van der Waals surface area (Å²) < 4.78 is 0. The lowest BCUT2D eigenvalue weighted by Crippen LogP contribution is -2.32. The van der Waals surface area contributed by atoms with Gasteiger partial charge >= 0.3 is 0 Å². The first-order valence-electron chi connectivity index (χ1n) is 9.97. The topological polar surface area (TPSA) is 32.3 Å². The maximum atomic E-state index is 12.6. The van der Waals surface area contributed by atoms with Crippen LogP contribution in [0.1, 0.15) is 69.6 Å². The zero-order valence-corrected chi connectivity index (χ0v) is 16.7. The maximum absolute atomic E-state index is 12.6. The van der Waals surface area contributed by atoms with Crippen molar-refractivity contribution in [2.24, 2.45) is 11.3 Å². The van der Waals surface area contributed by atoms with E-state index in [1.54, 1.807) is 0 Å². The van der Waals surface area contributed by atoms with Gasteiger partial charge in [-0.05, 0) is 55.7 Å². The number of carbonyl (C=O) groups is 1. The molecule has 2 aliphatic rings. The zero-order chi connectivity index (χ0) is 18.2. The van der Waals surface area contributed by atoms with Gasteiger partial charge in [0.25, 0.3) is 0 Å². The molecule has 0 spiro atoms. The van der Waals surface area contributed by atoms with Crippen molar-refractivity contribution < 1.29 is 4.79 Å². The minimum atomic E-state index is -0.378. The molecule has 3 rings (SSSR count). The lowest BCUT2D eigenvalue weighted by Gasteiger charge is -2.31. The standard InChI is InChI=1S/C22H34N2O/c1-15-13-16(2)19(23-21(25)22(3,4)5)20-18(15)11-12-24(20)14-17-9-7-6-8-10-17/h13,17H,6-12,14H2,1-5H3,(H,23,25). The fourth-order valence-corrected chi connectivity index (χ4v) is 4.35. The second kappa shape index (κ2) is 7.01. The molecule has 1 heterocycles. The predicted octanol–water partition coefficient (Wildman–Crippen LogP) is 5.23. The molecule has 1 amide bonds. The number of benzene rings is 1. The first-order valence-corrected chi connectivity index (χ1v) is 9.97. The van der Waals surface area contributed by atoms with E-state index in [0.29, 0.717) is 0 Å². The fourth-order valence-electron chi connectivity index (χ4n) is 4.35. The van der Waals surface area contributed by atoms with Crippen molar-refractivity contribution in [1.29, 1.82) is 0 Å². The van der Waals surface area contributed by atoms with Crippen LogP contribution in [-0.2, 0) is 11.2 Å². The Balaban J connectivity index is 1.91. The van der Waals surface area contributed by atoms with E-state index < -0.39 is 0 Å². The van der Waals surface area contributed by atoms with Crippen LogP contribution < -0.4 is 10.2 Å². The van der Waals surface area contributed by atoms with Crippen molar-refractivity contribution >= 4 is 17.3 Å². The third kappa shape index (κ3) is 3.86. The predicted molar refractivity (Wildman–Crippen MR) is 106 cm³/mol. The number of aryl methyl sites for hydroxylation is 2. The summed E-state index contributed by atoms with van der Waals surface area (Å²) in [6, 6.07) is 2.24. The summed E-state index contributed by atoms with van der Waals surface area (Å²) in [4.78, 5) is 15.2. The number of fused-ring (bicyclic) bond motifs is 1. The van der Waals surface area contributed by atoms with Gasteiger partial charge in [-0.1, -0.05) is 46.1 Å². The molecule has 1 aromatic carbocycles.